The number of anilines is 1. The van der Waals surface area contributed by atoms with Crippen molar-refractivity contribution in [1.29, 1.82) is 0 Å². The van der Waals surface area contributed by atoms with Gasteiger partial charge in [0.15, 0.2) is 11.4 Å². The number of hydrogen-bond acceptors (Lipinski definition) is 4. The van der Waals surface area contributed by atoms with E-state index >= 15 is 0 Å². The van der Waals surface area contributed by atoms with Crippen LogP contribution in [0.4, 0.5) is 5.13 Å². The normalized spacial score (nSPS) is 20.4. The van der Waals surface area contributed by atoms with Crippen LogP contribution in [0, 0.1) is 5.92 Å². The van der Waals surface area contributed by atoms with Crippen molar-refractivity contribution >= 4 is 22.8 Å². The molecule has 2 heterocycles. The lowest BCUT2D eigenvalue weighted by Gasteiger charge is -2.20. The minimum atomic E-state index is -0.0679. The quantitative estimate of drug-likeness (QED) is 0.758. The summed E-state index contributed by atoms with van der Waals surface area (Å²) in [7, 11) is 0. The summed E-state index contributed by atoms with van der Waals surface area (Å²) in [5, 5.41) is 1.04. The maximum absolute atomic E-state index is 11.3. The van der Waals surface area contributed by atoms with Crippen molar-refractivity contribution in [2.45, 2.75) is 65.2 Å². The third kappa shape index (κ3) is 4.06. The minimum absolute atomic E-state index is 0.0679. The lowest BCUT2D eigenvalue weighted by Crippen LogP contribution is -2.24. The predicted octanol–water partition coefficient (Wildman–Crippen LogP) is 4.66. The fraction of sp³-hybridized carbons (Fsp3) is 0.765. The molecular formula is C17H28N2OS. The Kier molecular flexibility index (Phi) is 5.42. The van der Waals surface area contributed by atoms with E-state index in [4.69, 9.17) is 4.98 Å². The molecule has 21 heavy (non-hydrogen) atoms. The summed E-state index contributed by atoms with van der Waals surface area (Å²) >= 11 is 1.56. The summed E-state index contributed by atoms with van der Waals surface area (Å²) < 4.78 is 0. The molecule has 3 nitrogen and oxygen atoms in total. The molecule has 1 aromatic rings. The van der Waals surface area contributed by atoms with E-state index in [9.17, 15) is 4.79 Å². The van der Waals surface area contributed by atoms with Crippen molar-refractivity contribution < 1.29 is 4.79 Å². The van der Waals surface area contributed by atoms with E-state index < -0.39 is 0 Å². The van der Waals surface area contributed by atoms with Crippen LogP contribution in [0.15, 0.2) is 0 Å². The Bertz CT molecular complexity index is 476. The summed E-state index contributed by atoms with van der Waals surface area (Å²) in [6.45, 7) is 10.8. The zero-order valence-corrected chi connectivity index (χ0v) is 14.6. The summed E-state index contributed by atoms with van der Waals surface area (Å²) in [6, 6.07) is 0. The number of rotatable bonds is 4. The van der Waals surface area contributed by atoms with E-state index in [1.165, 1.54) is 32.1 Å². The fourth-order valence-electron chi connectivity index (χ4n) is 3.13. The number of carbonyl (C=O) groups is 1. The van der Waals surface area contributed by atoms with E-state index in [-0.39, 0.29) is 5.41 Å². The zero-order valence-electron chi connectivity index (χ0n) is 13.8. The third-order valence-electron chi connectivity index (χ3n) is 4.27. The Morgan fingerprint density at radius 2 is 2.10 bits per heavy atom. The second-order valence-electron chi connectivity index (χ2n) is 7.15. The number of thiazole rings is 1. The van der Waals surface area contributed by atoms with Crippen molar-refractivity contribution in [2.24, 2.45) is 5.92 Å². The number of carbonyl (C=O) groups excluding carboxylic acids is 1. The molecule has 1 atom stereocenters. The summed E-state index contributed by atoms with van der Waals surface area (Å²) in [5.74, 6) is 0.868. The highest BCUT2D eigenvalue weighted by molar-refractivity contribution is 7.17. The lowest BCUT2D eigenvalue weighted by molar-refractivity contribution is 0.112. The van der Waals surface area contributed by atoms with Gasteiger partial charge in [-0.2, -0.15) is 0 Å². The molecule has 0 aliphatic carbocycles. The van der Waals surface area contributed by atoms with E-state index in [0.29, 0.717) is 0 Å². The SMILES string of the molecule is CCCC1CCCN(c2nc(C(C)(C)C)c(C=O)s2)CC1. The molecule has 1 aliphatic rings. The Labute approximate surface area is 132 Å². The molecule has 1 fully saturated rings. The predicted molar refractivity (Wildman–Crippen MR) is 90.7 cm³/mol. The highest BCUT2D eigenvalue weighted by Gasteiger charge is 2.26. The molecule has 0 N–H and O–H groups in total. The van der Waals surface area contributed by atoms with Crippen LogP contribution in [0.5, 0.6) is 0 Å². The van der Waals surface area contributed by atoms with Crippen molar-refractivity contribution in [3.05, 3.63) is 10.6 Å². The fourth-order valence-corrected chi connectivity index (χ4v) is 4.27. The van der Waals surface area contributed by atoms with Crippen molar-refractivity contribution in [3.63, 3.8) is 0 Å². The van der Waals surface area contributed by atoms with Gasteiger partial charge in [0.1, 0.15) is 0 Å². The molecule has 0 saturated carbocycles. The van der Waals surface area contributed by atoms with E-state index in [1.54, 1.807) is 11.3 Å². The van der Waals surface area contributed by atoms with Crippen LogP contribution in [0.2, 0.25) is 0 Å². The highest BCUT2D eigenvalue weighted by atomic mass is 32.1. The first-order valence-corrected chi connectivity index (χ1v) is 8.98. The first kappa shape index (κ1) is 16.5. The van der Waals surface area contributed by atoms with Gasteiger partial charge >= 0.3 is 0 Å². The molecule has 1 aliphatic heterocycles. The van der Waals surface area contributed by atoms with Gasteiger partial charge in [0.2, 0.25) is 0 Å². The molecule has 118 valence electrons. The number of aromatic nitrogens is 1. The molecule has 0 bridgehead atoms. The van der Waals surface area contributed by atoms with Gasteiger partial charge in [0.05, 0.1) is 10.6 Å². The number of aldehydes is 1. The van der Waals surface area contributed by atoms with E-state index in [1.807, 2.05) is 0 Å². The van der Waals surface area contributed by atoms with Crippen molar-refractivity contribution in [2.75, 3.05) is 18.0 Å². The smallest absolute Gasteiger partial charge is 0.186 e. The monoisotopic (exact) mass is 308 g/mol. The van der Waals surface area contributed by atoms with Crippen LogP contribution in [0.3, 0.4) is 0 Å². The van der Waals surface area contributed by atoms with Gasteiger partial charge in [0.25, 0.3) is 0 Å². The first-order chi connectivity index (χ1) is 9.95. The van der Waals surface area contributed by atoms with Gasteiger partial charge < -0.3 is 4.90 Å². The van der Waals surface area contributed by atoms with Gasteiger partial charge in [-0.3, -0.25) is 4.79 Å². The van der Waals surface area contributed by atoms with E-state index in [0.717, 1.165) is 41.0 Å². The molecule has 0 amide bonds. The Morgan fingerprint density at radius 3 is 2.67 bits per heavy atom. The number of hydrogen-bond donors (Lipinski definition) is 0. The molecule has 1 saturated heterocycles. The molecule has 0 aromatic carbocycles. The summed E-state index contributed by atoms with van der Waals surface area (Å²) in [4.78, 5) is 19.3. The van der Waals surface area contributed by atoms with Crippen molar-refractivity contribution in [1.82, 2.24) is 4.98 Å². The Hall–Kier alpha value is -0.900. The molecule has 1 aromatic heterocycles. The molecule has 0 spiro atoms. The maximum Gasteiger partial charge on any atom is 0.186 e. The van der Waals surface area contributed by atoms with Crippen LogP contribution < -0.4 is 4.90 Å². The summed E-state index contributed by atoms with van der Waals surface area (Å²) in [6.07, 6.45) is 7.44. The van der Waals surface area contributed by atoms with Gasteiger partial charge in [-0.05, 0) is 25.2 Å². The van der Waals surface area contributed by atoms with Crippen LogP contribution in [-0.2, 0) is 5.41 Å². The average molecular weight is 308 g/mol. The zero-order chi connectivity index (χ0) is 15.5. The van der Waals surface area contributed by atoms with Crippen LogP contribution >= 0.6 is 11.3 Å². The second kappa shape index (κ2) is 6.91. The highest BCUT2D eigenvalue weighted by Crippen LogP contribution is 2.34. The number of nitrogens with zero attached hydrogens (tertiary/aromatic N) is 2. The van der Waals surface area contributed by atoms with Gasteiger partial charge in [-0.15, -0.1) is 0 Å². The minimum Gasteiger partial charge on any atom is -0.348 e. The largest absolute Gasteiger partial charge is 0.348 e. The summed E-state index contributed by atoms with van der Waals surface area (Å²) in [5.41, 5.74) is 0.883. The first-order valence-electron chi connectivity index (χ1n) is 8.17. The van der Waals surface area contributed by atoms with Crippen LogP contribution in [-0.4, -0.2) is 24.4 Å². The second-order valence-corrected chi connectivity index (χ2v) is 8.16. The molecule has 4 heteroatoms. The Balaban J connectivity index is 2.15. The maximum atomic E-state index is 11.3. The van der Waals surface area contributed by atoms with E-state index in [2.05, 4.69) is 32.6 Å². The lowest BCUT2D eigenvalue weighted by atomic mass is 9.91. The van der Waals surface area contributed by atoms with Crippen molar-refractivity contribution in [3.8, 4) is 0 Å². The topological polar surface area (TPSA) is 33.2 Å². The average Bonchev–Trinajstić information content (AvgIpc) is 2.74. The molecule has 1 unspecified atom stereocenters. The standard InChI is InChI=1S/C17H28N2OS/c1-5-7-13-8-6-10-19(11-9-13)16-18-15(17(2,3)4)14(12-20)21-16/h12-13H,5-11H2,1-4H3. The van der Waals surface area contributed by atoms with Gasteiger partial charge in [0, 0.05) is 18.5 Å². The Morgan fingerprint density at radius 1 is 1.33 bits per heavy atom. The van der Waals surface area contributed by atoms with Gasteiger partial charge in [-0.25, -0.2) is 4.98 Å². The van der Waals surface area contributed by atoms with Gasteiger partial charge in [-0.1, -0.05) is 51.9 Å². The van der Waals surface area contributed by atoms with Crippen LogP contribution in [0.25, 0.3) is 0 Å². The molecule has 0 radical (unpaired) electrons. The third-order valence-corrected chi connectivity index (χ3v) is 5.32. The van der Waals surface area contributed by atoms with Crippen LogP contribution in [0.1, 0.15) is 75.2 Å². The molecular weight excluding hydrogens is 280 g/mol. The molecule has 2 rings (SSSR count).